The third-order valence-corrected chi connectivity index (χ3v) is 7.14. The predicted octanol–water partition coefficient (Wildman–Crippen LogP) is 10.1. The lowest BCUT2D eigenvalue weighted by molar-refractivity contribution is -0.161. The van der Waals surface area contributed by atoms with E-state index in [1.165, 1.54) is 64.2 Å². The van der Waals surface area contributed by atoms with Crippen molar-refractivity contribution in [3.05, 3.63) is 36.5 Å². The summed E-state index contributed by atoms with van der Waals surface area (Å²) < 4.78 is 10.5. The van der Waals surface area contributed by atoms with Crippen LogP contribution >= 0.6 is 0 Å². The van der Waals surface area contributed by atoms with E-state index in [4.69, 9.17) is 9.47 Å². The molecule has 0 radical (unpaired) electrons. The van der Waals surface area contributed by atoms with Crippen molar-refractivity contribution in [1.82, 2.24) is 0 Å². The van der Waals surface area contributed by atoms with E-state index in [0.29, 0.717) is 12.8 Å². The second kappa shape index (κ2) is 32.6. The van der Waals surface area contributed by atoms with Gasteiger partial charge in [0.2, 0.25) is 0 Å². The fourth-order valence-electron chi connectivity index (χ4n) is 4.53. The van der Waals surface area contributed by atoms with E-state index < -0.39 is 6.10 Å². The van der Waals surface area contributed by atoms with Gasteiger partial charge in [0.1, 0.15) is 6.61 Å². The topological polar surface area (TPSA) is 72.8 Å². The highest BCUT2D eigenvalue weighted by molar-refractivity contribution is 5.70. The molecule has 0 spiro atoms. The molecule has 0 saturated heterocycles. The van der Waals surface area contributed by atoms with Crippen molar-refractivity contribution in [2.24, 2.45) is 0 Å². The van der Waals surface area contributed by atoms with Crippen molar-refractivity contribution >= 4 is 11.9 Å². The van der Waals surface area contributed by atoms with Gasteiger partial charge < -0.3 is 14.6 Å². The molecule has 0 aromatic heterocycles. The van der Waals surface area contributed by atoms with Crippen LogP contribution < -0.4 is 0 Å². The minimum absolute atomic E-state index is 0.0755. The fraction of sp³-hybridized carbons (Fsp3) is 0.778. The van der Waals surface area contributed by atoms with Crippen molar-refractivity contribution < 1.29 is 24.2 Å². The van der Waals surface area contributed by atoms with Crippen LogP contribution in [0, 0.1) is 0 Å². The summed E-state index contributed by atoms with van der Waals surface area (Å²) in [6.07, 6.45) is 37.6. The molecule has 0 aliphatic carbocycles. The Morgan fingerprint density at radius 1 is 0.561 bits per heavy atom. The Hall–Kier alpha value is -1.88. The highest BCUT2D eigenvalue weighted by atomic mass is 16.6. The molecule has 0 aromatic rings. The second-order valence-corrected chi connectivity index (χ2v) is 11.2. The Labute approximate surface area is 253 Å². The summed E-state index contributed by atoms with van der Waals surface area (Å²) in [4.78, 5) is 24.1. The van der Waals surface area contributed by atoms with Crippen LogP contribution in [0.3, 0.4) is 0 Å². The van der Waals surface area contributed by atoms with Gasteiger partial charge in [0.15, 0.2) is 6.10 Å². The first kappa shape index (κ1) is 39.1. The molecule has 1 atom stereocenters. The number of hydrogen-bond acceptors (Lipinski definition) is 5. The zero-order valence-corrected chi connectivity index (χ0v) is 26.8. The summed E-state index contributed by atoms with van der Waals surface area (Å²) in [7, 11) is 0. The number of unbranched alkanes of at least 4 members (excludes halogenated alkanes) is 16. The number of aliphatic hydroxyl groups is 1. The molecular weight excluding hydrogens is 512 g/mol. The summed E-state index contributed by atoms with van der Waals surface area (Å²) in [6, 6.07) is 0. The van der Waals surface area contributed by atoms with Crippen LogP contribution in [-0.2, 0) is 19.1 Å². The van der Waals surface area contributed by atoms with Crippen molar-refractivity contribution in [1.29, 1.82) is 0 Å². The number of rotatable bonds is 30. The van der Waals surface area contributed by atoms with Crippen LogP contribution in [0.2, 0.25) is 0 Å². The average molecular weight is 577 g/mol. The van der Waals surface area contributed by atoms with Crippen molar-refractivity contribution in [2.75, 3.05) is 13.2 Å². The van der Waals surface area contributed by atoms with E-state index in [1.807, 2.05) is 0 Å². The van der Waals surface area contributed by atoms with Gasteiger partial charge in [0.25, 0.3) is 0 Å². The minimum Gasteiger partial charge on any atom is -0.462 e. The van der Waals surface area contributed by atoms with Gasteiger partial charge in [-0.15, -0.1) is 0 Å². The molecule has 0 fully saturated rings. The Morgan fingerprint density at radius 3 is 1.56 bits per heavy atom. The van der Waals surface area contributed by atoms with Crippen LogP contribution in [0.5, 0.6) is 0 Å². The fourth-order valence-corrected chi connectivity index (χ4v) is 4.53. The Kier molecular flexibility index (Phi) is 31.1. The molecule has 0 heterocycles. The lowest BCUT2D eigenvalue weighted by Crippen LogP contribution is -2.28. The smallest absolute Gasteiger partial charge is 0.306 e. The standard InChI is InChI=1S/C36H64O5/c1-3-5-7-9-11-13-15-17-19-20-22-24-26-28-30-35(38)40-33-34(32-37)41-36(39)31-29-27-25-23-21-18-16-14-12-10-8-6-4-2/h8,10,14-17,34,37H,3-7,9,11-13,18-33H2,1-2H3/b10-8-,16-14-,17-15-. The highest BCUT2D eigenvalue weighted by Gasteiger charge is 2.16. The van der Waals surface area contributed by atoms with Gasteiger partial charge >= 0.3 is 11.9 Å². The van der Waals surface area contributed by atoms with Crippen LogP contribution in [0.25, 0.3) is 0 Å². The Balaban J connectivity index is 3.62. The molecule has 238 valence electrons. The zero-order chi connectivity index (χ0) is 30.1. The molecule has 0 aliphatic heterocycles. The maximum absolute atomic E-state index is 12.1. The third kappa shape index (κ3) is 30.9. The van der Waals surface area contributed by atoms with Crippen molar-refractivity contribution in [3.8, 4) is 0 Å². The zero-order valence-electron chi connectivity index (χ0n) is 26.8. The second-order valence-electron chi connectivity index (χ2n) is 11.2. The molecule has 5 heteroatoms. The van der Waals surface area contributed by atoms with Gasteiger partial charge in [-0.2, -0.15) is 0 Å². The molecule has 0 bridgehead atoms. The van der Waals surface area contributed by atoms with E-state index in [0.717, 1.165) is 70.6 Å². The maximum atomic E-state index is 12.1. The molecule has 5 nitrogen and oxygen atoms in total. The van der Waals surface area contributed by atoms with Crippen molar-refractivity contribution in [3.63, 3.8) is 0 Å². The number of ether oxygens (including phenoxy) is 2. The molecule has 0 aromatic carbocycles. The normalized spacial score (nSPS) is 12.6. The van der Waals surface area contributed by atoms with E-state index in [1.54, 1.807) is 0 Å². The van der Waals surface area contributed by atoms with Crippen LogP contribution in [-0.4, -0.2) is 36.4 Å². The number of aliphatic hydroxyl groups excluding tert-OH is 1. The lowest BCUT2D eigenvalue weighted by Gasteiger charge is -2.15. The van der Waals surface area contributed by atoms with Crippen LogP contribution in [0.4, 0.5) is 0 Å². The first-order valence-corrected chi connectivity index (χ1v) is 17.0. The molecule has 1 unspecified atom stereocenters. The van der Waals surface area contributed by atoms with Gasteiger partial charge in [-0.05, 0) is 64.2 Å². The van der Waals surface area contributed by atoms with Crippen LogP contribution in [0.1, 0.15) is 162 Å². The summed E-state index contributed by atoms with van der Waals surface area (Å²) in [5.41, 5.74) is 0. The summed E-state index contributed by atoms with van der Waals surface area (Å²) >= 11 is 0. The molecular formula is C36H64O5. The lowest BCUT2D eigenvalue weighted by atomic mass is 10.1. The monoisotopic (exact) mass is 576 g/mol. The molecule has 0 aliphatic rings. The van der Waals surface area contributed by atoms with Gasteiger partial charge in [-0.25, -0.2) is 0 Å². The first-order valence-electron chi connectivity index (χ1n) is 17.0. The van der Waals surface area contributed by atoms with E-state index >= 15 is 0 Å². The molecule has 41 heavy (non-hydrogen) atoms. The van der Waals surface area contributed by atoms with E-state index in [-0.39, 0.29) is 25.2 Å². The molecule has 0 amide bonds. The average Bonchev–Trinajstić information content (AvgIpc) is 2.97. The SMILES string of the molecule is CCC/C=C\C/C=C\CCCCCCCC(=O)OC(CO)COC(=O)CCCCCCC/C=C\CCCCCCC. The number of allylic oxidation sites excluding steroid dienone is 6. The quantitative estimate of drug-likeness (QED) is 0.0523. The van der Waals surface area contributed by atoms with Gasteiger partial charge in [-0.1, -0.05) is 121 Å². The van der Waals surface area contributed by atoms with Gasteiger partial charge in [0.05, 0.1) is 6.61 Å². The molecule has 1 N–H and O–H groups in total. The molecule has 0 rings (SSSR count). The van der Waals surface area contributed by atoms with Crippen molar-refractivity contribution in [2.45, 2.75) is 168 Å². The number of hydrogen-bond donors (Lipinski definition) is 1. The summed E-state index contributed by atoms with van der Waals surface area (Å²) in [6.45, 7) is 4.02. The largest absolute Gasteiger partial charge is 0.462 e. The highest BCUT2D eigenvalue weighted by Crippen LogP contribution is 2.11. The first-order chi connectivity index (χ1) is 20.1. The Bertz CT molecular complexity index is 667. The van der Waals surface area contributed by atoms with E-state index in [2.05, 4.69) is 50.3 Å². The number of esters is 2. The van der Waals surface area contributed by atoms with Gasteiger partial charge in [0, 0.05) is 12.8 Å². The number of carbonyl (C=O) groups is 2. The molecule has 0 saturated carbocycles. The van der Waals surface area contributed by atoms with E-state index in [9.17, 15) is 14.7 Å². The van der Waals surface area contributed by atoms with Crippen LogP contribution in [0.15, 0.2) is 36.5 Å². The predicted molar refractivity (Wildman–Crippen MR) is 173 cm³/mol. The Morgan fingerprint density at radius 2 is 1.02 bits per heavy atom. The third-order valence-electron chi connectivity index (χ3n) is 7.14. The minimum atomic E-state index is -0.778. The number of carbonyl (C=O) groups excluding carboxylic acids is 2. The summed E-state index contributed by atoms with van der Waals surface area (Å²) in [5, 5.41) is 9.50. The summed E-state index contributed by atoms with van der Waals surface area (Å²) in [5.74, 6) is -0.620. The van der Waals surface area contributed by atoms with Gasteiger partial charge in [-0.3, -0.25) is 9.59 Å². The maximum Gasteiger partial charge on any atom is 0.306 e.